The van der Waals surface area contributed by atoms with Crippen LogP contribution in [0.3, 0.4) is 0 Å². The minimum absolute atomic E-state index is 0. The standard InChI is InChI=1S/C22H34N6O.HI/c1-3-23-22(24-10-4-12-28-13-5-11-26-28)25-18-21(27-14-16-29-17-15-27)20-8-6-19(2)7-9-20;/h5-9,11,13,21H,3-4,10,12,14-18H2,1-2H3,(H2,23,24,25);1H. The molecule has 1 unspecified atom stereocenters. The molecular weight excluding hydrogens is 491 g/mol. The Morgan fingerprint density at radius 1 is 1.20 bits per heavy atom. The molecule has 1 aliphatic rings. The van der Waals surface area contributed by atoms with Crippen molar-refractivity contribution >= 4 is 29.9 Å². The van der Waals surface area contributed by atoms with Crippen molar-refractivity contribution < 1.29 is 4.74 Å². The summed E-state index contributed by atoms with van der Waals surface area (Å²) < 4.78 is 7.51. The second-order valence-corrected chi connectivity index (χ2v) is 7.34. The molecule has 0 saturated carbocycles. The molecule has 0 amide bonds. The number of halogens is 1. The zero-order chi connectivity index (χ0) is 20.3. The van der Waals surface area contributed by atoms with Crippen molar-refractivity contribution in [1.29, 1.82) is 0 Å². The summed E-state index contributed by atoms with van der Waals surface area (Å²) in [6, 6.07) is 11.1. The van der Waals surface area contributed by atoms with Gasteiger partial charge in [0.1, 0.15) is 0 Å². The first kappa shape index (κ1) is 24.6. The van der Waals surface area contributed by atoms with Crippen LogP contribution in [0, 0.1) is 6.92 Å². The van der Waals surface area contributed by atoms with Crippen molar-refractivity contribution in [2.24, 2.45) is 4.99 Å². The van der Waals surface area contributed by atoms with E-state index in [-0.39, 0.29) is 30.0 Å². The van der Waals surface area contributed by atoms with Gasteiger partial charge in [0.25, 0.3) is 0 Å². The summed E-state index contributed by atoms with van der Waals surface area (Å²) in [7, 11) is 0. The number of guanidine groups is 1. The topological polar surface area (TPSA) is 66.7 Å². The molecule has 0 bridgehead atoms. The number of nitrogens with one attached hydrogen (secondary N) is 2. The van der Waals surface area contributed by atoms with E-state index in [9.17, 15) is 0 Å². The summed E-state index contributed by atoms with van der Waals surface area (Å²) in [6.45, 7) is 11.0. The van der Waals surface area contributed by atoms with Crippen LogP contribution in [-0.2, 0) is 11.3 Å². The lowest BCUT2D eigenvalue weighted by atomic mass is 10.0. The van der Waals surface area contributed by atoms with Gasteiger partial charge in [-0.15, -0.1) is 24.0 Å². The summed E-state index contributed by atoms with van der Waals surface area (Å²) in [4.78, 5) is 7.40. The first-order valence-corrected chi connectivity index (χ1v) is 10.6. The van der Waals surface area contributed by atoms with Crippen molar-refractivity contribution in [2.45, 2.75) is 32.9 Å². The van der Waals surface area contributed by atoms with Crippen LogP contribution in [0.2, 0.25) is 0 Å². The maximum Gasteiger partial charge on any atom is 0.191 e. The Kier molecular flexibility index (Phi) is 11.2. The van der Waals surface area contributed by atoms with E-state index in [1.54, 1.807) is 0 Å². The molecule has 3 rings (SSSR count). The van der Waals surface area contributed by atoms with E-state index in [1.165, 1.54) is 11.1 Å². The molecule has 1 atom stereocenters. The summed E-state index contributed by atoms with van der Waals surface area (Å²) in [5, 5.41) is 11.1. The van der Waals surface area contributed by atoms with Crippen LogP contribution in [0.5, 0.6) is 0 Å². The van der Waals surface area contributed by atoms with Crippen LogP contribution in [0.4, 0.5) is 0 Å². The zero-order valence-electron chi connectivity index (χ0n) is 18.1. The molecule has 7 nitrogen and oxygen atoms in total. The SMILES string of the molecule is CCNC(=NCC(c1ccc(C)cc1)N1CCOCC1)NCCCn1cccn1.I. The predicted octanol–water partition coefficient (Wildman–Crippen LogP) is 2.83. The van der Waals surface area contributed by atoms with Gasteiger partial charge in [0.05, 0.1) is 25.8 Å². The third kappa shape index (κ3) is 7.88. The number of hydrogen-bond acceptors (Lipinski definition) is 4. The Hall–Kier alpha value is -1.65. The van der Waals surface area contributed by atoms with Crippen LogP contribution in [0.1, 0.15) is 30.5 Å². The second kappa shape index (κ2) is 13.6. The van der Waals surface area contributed by atoms with Gasteiger partial charge in [0.15, 0.2) is 5.96 Å². The number of aryl methyl sites for hydroxylation is 2. The first-order chi connectivity index (χ1) is 14.3. The van der Waals surface area contributed by atoms with E-state index in [2.05, 4.69) is 58.7 Å². The van der Waals surface area contributed by atoms with Gasteiger partial charge in [-0.05, 0) is 31.9 Å². The molecule has 30 heavy (non-hydrogen) atoms. The fourth-order valence-corrected chi connectivity index (χ4v) is 3.51. The van der Waals surface area contributed by atoms with Crippen molar-refractivity contribution in [3.05, 3.63) is 53.9 Å². The van der Waals surface area contributed by atoms with E-state index < -0.39 is 0 Å². The van der Waals surface area contributed by atoms with Gasteiger partial charge < -0.3 is 15.4 Å². The van der Waals surface area contributed by atoms with Crippen LogP contribution in [0.15, 0.2) is 47.7 Å². The molecule has 1 saturated heterocycles. The third-order valence-corrected chi connectivity index (χ3v) is 5.13. The molecule has 1 aromatic heterocycles. The lowest BCUT2D eigenvalue weighted by Crippen LogP contribution is -2.42. The molecule has 2 aromatic rings. The molecule has 166 valence electrons. The molecule has 8 heteroatoms. The highest BCUT2D eigenvalue weighted by Crippen LogP contribution is 2.22. The quantitative estimate of drug-likeness (QED) is 0.228. The average Bonchev–Trinajstić information content (AvgIpc) is 3.27. The van der Waals surface area contributed by atoms with Gasteiger partial charge in [-0.25, -0.2) is 0 Å². The van der Waals surface area contributed by atoms with Crippen LogP contribution in [-0.4, -0.2) is 66.6 Å². The van der Waals surface area contributed by atoms with E-state index >= 15 is 0 Å². The van der Waals surface area contributed by atoms with Gasteiger partial charge in [-0.1, -0.05) is 29.8 Å². The Labute approximate surface area is 197 Å². The average molecular weight is 526 g/mol. The van der Waals surface area contributed by atoms with E-state index in [0.29, 0.717) is 0 Å². The van der Waals surface area contributed by atoms with Crippen LogP contribution < -0.4 is 10.6 Å². The monoisotopic (exact) mass is 526 g/mol. The molecule has 2 N–H and O–H groups in total. The summed E-state index contributed by atoms with van der Waals surface area (Å²) in [5.41, 5.74) is 2.60. The van der Waals surface area contributed by atoms with Crippen molar-refractivity contribution in [2.75, 3.05) is 45.9 Å². The molecule has 1 fully saturated rings. The van der Waals surface area contributed by atoms with Crippen molar-refractivity contribution in [3.63, 3.8) is 0 Å². The maximum atomic E-state index is 5.56. The molecule has 0 aliphatic carbocycles. The minimum Gasteiger partial charge on any atom is -0.379 e. The van der Waals surface area contributed by atoms with Gasteiger partial charge in [0, 0.05) is 45.1 Å². The molecule has 2 heterocycles. The Morgan fingerprint density at radius 2 is 1.97 bits per heavy atom. The van der Waals surface area contributed by atoms with Crippen molar-refractivity contribution in [1.82, 2.24) is 25.3 Å². The number of benzene rings is 1. The highest BCUT2D eigenvalue weighted by molar-refractivity contribution is 14.0. The van der Waals surface area contributed by atoms with Gasteiger partial charge in [-0.2, -0.15) is 5.10 Å². The highest BCUT2D eigenvalue weighted by atomic mass is 127. The lowest BCUT2D eigenvalue weighted by molar-refractivity contribution is 0.0179. The Morgan fingerprint density at radius 3 is 2.63 bits per heavy atom. The maximum absolute atomic E-state index is 5.56. The zero-order valence-corrected chi connectivity index (χ0v) is 20.4. The fourth-order valence-electron chi connectivity index (χ4n) is 3.51. The first-order valence-electron chi connectivity index (χ1n) is 10.6. The van der Waals surface area contributed by atoms with E-state index in [4.69, 9.17) is 9.73 Å². The Bertz CT molecular complexity index is 729. The largest absolute Gasteiger partial charge is 0.379 e. The van der Waals surface area contributed by atoms with Crippen LogP contribution in [0.25, 0.3) is 0 Å². The van der Waals surface area contributed by atoms with Crippen molar-refractivity contribution in [3.8, 4) is 0 Å². The summed E-state index contributed by atoms with van der Waals surface area (Å²) >= 11 is 0. The smallest absolute Gasteiger partial charge is 0.191 e. The van der Waals surface area contributed by atoms with E-state index in [1.807, 2.05) is 23.1 Å². The highest BCUT2D eigenvalue weighted by Gasteiger charge is 2.22. The number of aliphatic imine (C=N–C) groups is 1. The molecular formula is C22H35IN6O. The Balaban J connectivity index is 0.00000320. The van der Waals surface area contributed by atoms with Gasteiger partial charge >= 0.3 is 0 Å². The molecule has 0 spiro atoms. The summed E-state index contributed by atoms with van der Waals surface area (Å²) in [6.07, 6.45) is 4.81. The number of aromatic nitrogens is 2. The number of hydrogen-bond donors (Lipinski definition) is 2. The van der Waals surface area contributed by atoms with Crippen LogP contribution >= 0.6 is 24.0 Å². The fraction of sp³-hybridized carbons (Fsp3) is 0.545. The van der Waals surface area contributed by atoms with Gasteiger partial charge in [0.2, 0.25) is 0 Å². The second-order valence-electron chi connectivity index (χ2n) is 7.34. The predicted molar refractivity (Wildman–Crippen MR) is 133 cm³/mol. The molecule has 0 radical (unpaired) electrons. The third-order valence-electron chi connectivity index (χ3n) is 5.13. The number of morpholine rings is 1. The van der Waals surface area contributed by atoms with E-state index in [0.717, 1.165) is 64.9 Å². The normalized spacial score (nSPS) is 16.0. The number of nitrogens with zero attached hydrogens (tertiary/aromatic N) is 4. The number of rotatable bonds is 9. The minimum atomic E-state index is 0. The number of ether oxygens (including phenoxy) is 1. The summed E-state index contributed by atoms with van der Waals surface area (Å²) in [5.74, 6) is 0.873. The molecule has 1 aliphatic heterocycles. The van der Waals surface area contributed by atoms with Gasteiger partial charge in [-0.3, -0.25) is 14.6 Å². The lowest BCUT2D eigenvalue weighted by Gasteiger charge is -2.34. The molecule has 1 aromatic carbocycles.